The maximum atomic E-state index is 12.8. The molecule has 2 aromatic carbocycles. The van der Waals surface area contributed by atoms with Gasteiger partial charge in [-0.15, -0.1) is 0 Å². The van der Waals surface area contributed by atoms with Crippen molar-refractivity contribution in [1.82, 2.24) is 40.2 Å². The minimum absolute atomic E-state index is 0.0565. The largest absolute Gasteiger partial charge is 0.490 e. The van der Waals surface area contributed by atoms with Crippen LogP contribution >= 0.6 is 0 Å². The molecule has 210 valence electrons. The Kier molecular flexibility index (Phi) is 8.73. The number of tetrazole rings is 1. The average molecular weight is 558 g/mol. The number of carbonyl (C=O) groups is 2. The van der Waals surface area contributed by atoms with E-state index in [9.17, 15) is 18.0 Å². The molecule has 0 atom stereocenters. The molecular formula is C25H26F3N9O3. The van der Waals surface area contributed by atoms with Crippen LogP contribution in [-0.4, -0.2) is 84.2 Å². The first kappa shape index (κ1) is 28.2. The Balaban J connectivity index is 0.000000470. The van der Waals surface area contributed by atoms with Gasteiger partial charge in [0.1, 0.15) is 0 Å². The van der Waals surface area contributed by atoms with Crippen molar-refractivity contribution in [1.29, 1.82) is 0 Å². The van der Waals surface area contributed by atoms with Gasteiger partial charge in [0.15, 0.2) is 0 Å². The minimum atomic E-state index is -5.08. The summed E-state index contributed by atoms with van der Waals surface area (Å²) in [6.07, 6.45) is 0.379. The Morgan fingerprint density at radius 1 is 1.02 bits per heavy atom. The van der Waals surface area contributed by atoms with Gasteiger partial charge in [0.05, 0.1) is 29.5 Å². The first-order chi connectivity index (χ1) is 19.1. The topological polar surface area (TPSA) is 143 Å². The quantitative estimate of drug-likeness (QED) is 0.326. The lowest BCUT2D eigenvalue weighted by atomic mass is 10.0. The molecule has 1 amide bonds. The number of amides is 1. The van der Waals surface area contributed by atoms with Crippen LogP contribution in [0.2, 0.25) is 0 Å². The molecule has 0 radical (unpaired) electrons. The number of alkyl halides is 3. The number of aromatic nitrogens is 6. The summed E-state index contributed by atoms with van der Waals surface area (Å²) in [6, 6.07) is 17.3. The van der Waals surface area contributed by atoms with Crippen molar-refractivity contribution < 1.29 is 27.9 Å². The molecule has 2 aromatic heterocycles. The average Bonchev–Trinajstić information content (AvgIpc) is 3.60. The molecule has 0 aliphatic carbocycles. The zero-order valence-electron chi connectivity index (χ0n) is 21.3. The van der Waals surface area contributed by atoms with E-state index in [2.05, 4.69) is 43.2 Å². The summed E-state index contributed by atoms with van der Waals surface area (Å²) in [5, 5.41) is 29.8. The van der Waals surface area contributed by atoms with Crippen LogP contribution in [0.3, 0.4) is 0 Å². The highest BCUT2D eigenvalue weighted by Gasteiger charge is 2.38. The van der Waals surface area contributed by atoms with Crippen molar-refractivity contribution in [2.45, 2.75) is 25.1 Å². The van der Waals surface area contributed by atoms with Crippen LogP contribution in [0.25, 0.3) is 11.4 Å². The van der Waals surface area contributed by atoms with E-state index in [1.807, 2.05) is 60.8 Å². The Labute approximate surface area is 226 Å². The summed E-state index contributed by atoms with van der Waals surface area (Å²) in [4.78, 5) is 24.0. The lowest BCUT2D eigenvalue weighted by Crippen LogP contribution is -2.43. The van der Waals surface area contributed by atoms with Crippen LogP contribution in [0.5, 0.6) is 0 Å². The van der Waals surface area contributed by atoms with E-state index in [4.69, 9.17) is 9.90 Å². The number of carbonyl (C=O) groups excluding carboxylic acids is 1. The summed E-state index contributed by atoms with van der Waals surface area (Å²) in [5.74, 6) is -2.33. The minimum Gasteiger partial charge on any atom is -0.475 e. The number of hydrogen-bond donors (Lipinski definition) is 3. The highest BCUT2D eigenvalue weighted by molar-refractivity contribution is 5.94. The van der Waals surface area contributed by atoms with Crippen molar-refractivity contribution in [2.75, 3.05) is 25.5 Å². The first-order valence-electron chi connectivity index (χ1n) is 12.2. The molecule has 0 bridgehead atoms. The van der Waals surface area contributed by atoms with Crippen molar-refractivity contribution in [3.63, 3.8) is 0 Å². The molecule has 3 N–H and O–H groups in total. The third-order valence-corrected chi connectivity index (χ3v) is 5.98. The molecular weight excluding hydrogens is 531 g/mol. The lowest BCUT2D eigenvalue weighted by molar-refractivity contribution is -0.192. The molecule has 40 heavy (non-hydrogen) atoms. The molecule has 12 nitrogen and oxygen atoms in total. The summed E-state index contributed by atoms with van der Waals surface area (Å²) in [7, 11) is 2.11. The van der Waals surface area contributed by atoms with E-state index in [0.29, 0.717) is 11.5 Å². The molecule has 3 heterocycles. The summed E-state index contributed by atoms with van der Waals surface area (Å²) in [5.41, 5.74) is 2.98. The van der Waals surface area contributed by atoms with Gasteiger partial charge in [0.2, 0.25) is 0 Å². The third kappa shape index (κ3) is 7.41. The van der Waals surface area contributed by atoms with Gasteiger partial charge < -0.3 is 20.6 Å². The SMILES string of the molecule is CN1CCC(NC(=O)c2cccc(-n3cc(Nc4nnnn4-c4ccccc4)cn3)c2)CC1.O=C(O)C(F)(F)F. The van der Waals surface area contributed by atoms with E-state index >= 15 is 0 Å². The van der Waals surface area contributed by atoms with Crippen molar-refractivity contribution in [2.24, 2.45) is 0 Å². The number of carboxylic acid groups (broad SMARTS) is 1. The van der Waals surface area contributed by atoms with Gasteiger partial charge in [0, 0.05) is 11.6 Å². The number of hydrogen-bond acceptors (Lipinski definition) is 8. The number of carboxylic acids is 1. The number of likely N-dealkylation sites (tertiary alicyclic amines) is 1. The normalized spacial score (nSPS) is 14.2. The fourth-order valence-electron chi connectivity index (χ4n) is 3.88. The van der Waals surface area contributed by atoms with Gasteiger partial charge in [0.25, 0.3) is 11.9 Å². The van der Waals surface area contributed by atoms with E-state index in [1.165, 1.54) is 0 Å². The fourth-order valence-corrected chi connectivity index (χ4v) is 3.88. The predicted molar refractivity (Wildman–Crippen MR) is 138 cm³/mol. The molecule has 4 aromatic rings. The van der Waals surface area contributed by atoms with Crippen LogP contribution in [0.15, 0.2) is 67.0 Å². The van der Waals surface area contributed by atoms with Crippen LogP contribution in [0.4, 0.5) is 24.8 Å². The Hall–Kier alpha value is -4.79. The number of nitrogens with zero attached hydrogens (tertiary/aromatic N) is 7. The number of benzene rings is 2. The van der Waals surface area contributed by atoms with Crippen molar-refractivity contribution in [3.8, 4) is 11.4 Å². The van der Waals surface area contributed by atoms with E-state index in [0.717, 1.165) is 43.0 Å². The van der Waals surface area contributed by atoms with E-state index in [-0.39, 0.29) is 11.9 Å². The number of halogens is 3. The van der Waals surface area contributed by atoms with Crippen LogP contribution < -0.4 is 10.6 Å². The number of piperidine rings is 1. The van der Waals surface area contributed by atoms with Crippen molar-refractivity contribution >= 4 is 23.5 Å². The molecule has 1 aliphatic heterocycles. The van der Waals surface area contributed by atoms with Gasteiger partial charge in [-0.1, -0.05) is 29.4 Å². The third-order valence-electron chi connectivity index (χ3n) is 5.98. The standard InChI is InChI=1S/C23H25N9O.C2HF3O2/c1-30-12-10-18(11-13-30)25-22(33)17-6-5-9-21(14-17)31-16-19(15-24-31)26-23-27-28-29-32(23)20-7-3-2-4-8-20;3-2(4,5)1(6)7/h2-9,14-16,18H,10-13H2,1H3,(H,25,33)(H,26,27,29);(H,6,7). The van der Waals surface area contributed by atoms with Crippen LogP contribution in [0, 0.1) is 0 Å². The van der Waals surface area contributed by atoms with E-state index in [1.54, 1.807) is 15.6 Å². The van der Waals surface area contributed by atoms with Gasteiger partial charge in [-0.2, -0.15) is 23.0 Å². The van der Waals surface area contributed by atoms with Gasteiger partial charge in [-0.3, -0.25) is 4.79 Å². The second-order valence-electron chi connectivity index (χ2n) is 8.95. The molecule has 1 fully saturated rings. The second-order valence-corrected chi connectivity index (χ2v) is 8.95. The predicted octanol–water partition coefficient (Wildman–Crippen LogP) is 3.05. The van der Waals surface area contributed by atoms with Gasteiger partial charge in [-0.25, -0.2) is 9.48 Å². The zero-order valence-corrected chi connectivity index (χ0v) is 21.3. The highest BCUT2D eigenvalue weighted by atomic mass is 19.4. The Bertz CT molecular complexity index is 1430. The summed E-state index contributed by atoms with van der Waals surface area (Å²) >= 11 is 0. The summed E-state index contributed by atoms with van der Waals surface area (Å²) in [6.45, 7) is 2.00. The molecule has 0 unspecified atom stereocenters. The fraction of sp³-hybridized carbons (Fsp3) is 0.280. The number of para-hydroxylation sites is 1. The molecule has 1 aliphatic rings. The highest BCUT2D eigenvalue weighted by Crippen LogP contribution is 2.19. The van der Waals surface area contributed by atoms with Crippen LogP contribution in [0.1, 0.15) is 23.2 Å². The maximum Gasteiger partial charge on any atom is 0.490 e. The smallest absolute Gasteiger partial charge is 0.475 e. The van der Waals surface area contributed by atoms with Gasteiger partial charge >= 0.3 is 12.1 Å². The van der Waals surface area contributed by atoms with E-state index < -0.39 is 12.1 Å². The van der Waals surface area contributed by atoms with Crippen molar-refractivity contribution in [3.05, 3.63) is 72.6 Å². The molecule has 15 heteroatoms. The van der Waals surface area contributed by atoms with Crippen LogP contribution in [-0.2, 0) is 4.79 Å². The Morgan fingerprint density at radius 3 is 2.38 bits per heavy atom. The first-order valence-corrected chi connectivity index (χ1v) is 12.2. The number of nitrogens with one attached hydrogen (secondary N) is 2. The maximum absolute atomic E-state index is 12.8. The second kappa shape index (κ2) is 12.4. The molecule has 0 spiro atoms. The molecule has 1 saturated heterocycles. The number of anilines is 2. The lowest BCUT2D eigenvalue weighted by Gasteiger charge is -2.29. The monoisotopic (exact) mass is 557 g/mol. The number of aliphatic carboxylic acids is 1. The van der Waals surface area contributed by atoms with Gasteiger partial charge in [-0.05, 0) is 73.7 Å². The number of rotatable bonds is 6. The summed E-state index contributed by atoms with van der Waals surface area (Å²) < 4.78 is 35.1. The zero-order chi connectivity index (χ0) is 28.7. The molecule has 0 saturated carbocycles. The Morgan fingerprint density at radius 2 is 1.70 bits per heavy atom. The molecule has 5 rings (SSSR count).